The molecule has 7 heteroatoms. The second kappa shape index (κ2) is 5.40. The summed E-state index contributed by atoms with van der Waals surface area (Å²) in [6.07, 6.45) is 1.20. The first-order valence-electron chi connectivity index (χ1n) is 5.17. The number of hydrogen-bond acceptors (Lipinski definition) is 3. The molecule has 0 saturated carbocycles. The van der Waals surface area contributed by atoms with Crippen molar-refractivity contribution in [2.45, 2.75) is 6.54 Å². The first kappa shape index (κ1) is 13.5. The van der Waals surface area contributed by atoms with Crippen LogP contribution in [0.1, 0.15) is 16.1 Å². The molecule has 1 heterocycles. The van der Waals surface area contributed by atoms with Crippen molar-refractivity contribution in [1.29, 1.82) is 0 Å². The SMILES string of the molecule is O=C(O)c1occc1CNc1c(F)cc(Br)cc1F. The molecule has 0 bridgehead atoms. The molecule has 0 amide bonds. The van der Waals surface area contributed by atoms with Crippen LogP contribution in [0.2, 0.25) is 0 Å². The van der Waals surface area contributed by atoms with Gasteiger partial charge in [-0.15, -0.1) is 0 Å². The summed E-state index contributed by atoms with van der Waals surface area (Å²) in [4.78, 5) is 10.8. The minimum atomic E-state index is -1.24. The van der Waals surface area contributed by atoms with E-state index in [1.165, 1.54) is 12.3 Å². The van der Waals surface area contributed by atoms with Crippen LogP contribution in [0.5, 0.6) is 0 Å². The van der Waals surface area contributed by atoms with Crippen molar-refractivity contribution in [3.63, 3.8) is 0 Å². The lowest BCUT2D eigenvalue weighted by Gasteiger charge is -2.08. The van der Waals surface area contributed by atoms with E-state index in [4.69, 9.17) is 9.52 Å². The summed E-state index contributed by atoms with van der Waals surface area (Å²) in [5, 5.41) is 11.3. The number of hydrogen-bond donors (Lipinski definition) is 2. The zero-order chi connectivity index (χ0) is 14.0. The Morgan fingerprint density at radius 1 is 1.37 bits per heavy atom. The van der Waals surface area contributed by atoms with Gasteiger partial charge in [-0.3, -0.25) is 0 Å². The molecule has 0 unspecified atom stereocenters. The van der Waals surface area contributed by atoms with Gasteiger partial charge in [-0.2, -0.15) is 0 Å². The van der Waals surface area contributed by atoms with Gasteiger partial charge in [0.15, 0.2) is 0 Å². The van der Waals surface area contributed by atoms with E-state index < -0.39 is 17.6 Å². The van der Waals surface area contributed by atoms with Crippen LogP contribution in [0.4, 0.5) is 14.5 Å². The van der Waals surface area contributed by atoms with Crippen molar-refractivity contribution < 1.29 is 23.1 Å². The summed E-state index contributed by atoms with van der Waals surface area (Å²) in [5.41, 5.74) is -0.0186. The zero-order valence-electron chi connectivity index (χ0n) is 9.41. The van der Waals surface area contributed by atoms with Crippen LogP contribution in [-0.4, -0.2) is 11.1 Å². The van der Waals surface area contributed by atoms with E-state index >= 15 is 0 Å². The second-order valence-corrected chi connectivity index (χ2v) is 4.59. The fourth-order valence-electron chi connectivity index (χ4n) is 1.56. The van der Waals surface area contributed by atoms with E-state index in [0.717, 1.165) is 12.1 Å². The van der Waals surface area contributed by atoms with E-state index in [-0.39, 0.29) is 22.5 Å². The minimum Gasteiger partial charge on any atom is -0.475 e. The van der Waals surface area contributed by atoms with Gasteiger partial charge in [0.25, 0.3) is 0 Å². The predicted molar refractivity (Wildman–Crippen MR) is 67.1 cm³/mol. The second-order valence-electron chi connectivity index (χ2n) is 3.68. The molecule has 0 aliphatic carbocycles. The Kier molecular flexibility index (Phi) is 3.84. The topological polar surface area (TPSA) is 62.5 Å². The van der Waals surface area contributed by atoms with Crippen molar-refractivity contribution >= 4 is 27.6 Å². The average molecular weight is 332 g/mol. The highest BCUT2D eigenvalue weighted by molar-refractivity contribution is 9.10. The smallest absolute Gasteiger partial charge is 0.372 e. The standard InChI is InChI=1S/C12H8BrF2NO3/c13-7-3-8(14)10(9(15)4-7)16-5-6-1-2-19-11(6)12(17)18/h1-4,16H,5H2,(H,17,18). The van der Waals surface area contributed by atoms with Crippen LogP contribution in [0.15, 0.2) is 33.4 Å². The highest BCUT2D eigenvalue weighted by Crippen LogP contribution is 2.24. The van der Waals surface area contributed by atoms with Gasteiger partial charge in [-0.05, 0) is 18.2 Å². The van der Waals surface area contributed by atoms with Crippen molar-refractivity contribution in [3.05, 3.63) is 51.9 Å². The summed E-state index contributed by atoms with van der Waals surface area (Å²) in [6.45, 7) is -0.0619. The number of aromatic carboxylic acids is 1. The van der Waals surface area contributed by atoms with Gasteiger partial charge in [0, 0.05) is 16.6 Å². The zero-order valence-corrected chi connectivity index (χ0v) is 11.0. The van der Waals surface area contributed by atoms with Crippen LogP contribution >= 0.6 is 15.9 Å². The Balaban J connectivity index is 2.19. The maximum Gasteiger partial charge on any atom is 0.372 e. The monoisotopic (exact) mass is 331 g/mol. The van der Waals surface area contributed by atoms with Crippen LogP contribution < -0.4 is 5.32 Å². The lowest BCUT2D eigenvalue weighted by atomic mass is 10.2. The molecule has 100 valence electrons. The number of benzene rings is 1. The van der Waals surface area contributed by atoms with Crippen LogP contribution in [0.25, 0.3) is 0 Å². The average Bonchev–Trinajstić information content (AvgIpc) is 2.75. The van der Waals surface area contributed by atoms with Gasteiger partial charge in [0.05, 0.1) is 6.26 Å². The molecule has 2 rings (SSSR count). The molecule has 4 nitrogen and oxygen atoms in total. The minimum absolute atomic E-state index is 0.0619. The molecule has 0 aliphatic heterocycles. The van der Waals surface area contributed by atoms with Crippen molar-refractivity contribution in [3.8, 4) is 0 Å². The number of anilines is 1. The summed E-state index contributed by atoms with van der Waals surface area (Å²) in [7, 11) is 0. The number of halogens is 3. The Bertz CT molecular complexity index is 604. The number of carboxylic acids is 1. The first-order valence-corrected chi connectivity index (χ1v) is 5.96. The molecule has 1 aromatic heterocycles. The molecule has 2 N–H and O–H groups in total. The predicted octanol–water partition coefficient (Wildman–Crippen LogP) is 3.63. The molecular weight excluding hydrogens is 324 g/mol. The van der Waals surface area contributed by atoms with Crippen LogP contribution in [-0.2, 0) is 6.54 Å². The molecule has 0 spiro atoms. The van der Waals surface area contributed by atoms with E-state index in [2.05, 4.69) is 21.2 Å². The number of carbonyl (C=O) groups is 1. The summed E-state index contributed by atoms with van der Waals surface area (Å²) < 4.78 is 32.1. The Labute approximate surface area is 115 Å². The largest absolute Gasteiger partial charge is 0.475 e. The van der Waals surface area contributed by atoms with E-state index in [1.54, 1.807) is 0 Å². The molecule has 0 saturated heterocycles. The van der Waals surface area contributed by atoms with E-state index in [0.29, 0.717) is 5.56 Å². The number of nitrogens with one attached hydrogen (secondary N) is 1. The number of furan rings is 1. The highest BCUT2D eigenvalue weighted by Gasteiger charge is 2.15. The maximum atomic E-state index is 13.5. The summed E-state index contributed by atoms with van der Waals surface area (Å²) in [6, 6.07) is 3.64. The van der Waals surface area contributed by atoms with Crippen LogP contribution in [0, 0.1) is 11.6 Å². The van der Waals surface area contributed by atoms with Gasteiger partial charge in [0.1, 0.15) is 17.3 Å². The van der Waals surface area contributed by atoms with Gasteiger partial charge >= 0.3 is 5.97 Å². The van der Waals surface area contributed by atoms with Crippen molar-refractivity contribution in [2.75, 3.05) is 5.32 Å². The van der Waals surface area contributed by atoms with Crippen molar-refractivity contribution in [2.24, 2.45) is 0 Å². The third kappa shape index (κ3) is 2.93. The van der Waals surface area contributed by atoms with Gasteiger partial charge in [-0.25, -0.2) is 13.6 Å². The lowest BCUT2D eigenvalue weighted by molar-refractivity contribution is 0.0661. The van der Waals surface area contributed by atoms with Crippen LogP contribution in [0.3, 0.4) is 0 Å². The molecule has 0 atom stereocenters. The summed E-state index contributed by atoms with van der Waals surface area (Å²) in [5.74, 6) is -3.04. The third-order valence-corrected chi connectivity index (χ3v) is 2.86. The number of rotatable bonds is 4. The lowest BCUT2D eigenvalue weighted by Crippen LogP contribution is -2.07. The molecule has 19 heavy (non-hydrogen) atoms. The van der Waals surface area contributed by atoms with Gasteiger partial charge in [-0.1, -0.05) is 15.9 Å². The Hall–Kier alpha value is -1.89. The fourth-order valence-corrected chi connectivity index (χ4v) is 1.96. The Morgan fingerprint density at radius 2 is 2.00 bits per heavy atom. The quantitative estimate of drug-likeness (QED) is 0.898. The third-order valence-electron chi connectivity index (χ3n) is 2.40. The number of carboxylic acid groups (broad SMARTS) is 1. The van der Waals surface area contributed by atoms with E-state index in [1.807, 2.05) is 0 Å². The summed E-state index contributed by atoms with van der Waals surface area (Å²) >= 11 is 2.97. The molecule has 1 aromatic carbocycles. The maximum absolute atomic E-state index is 13.5. The normalized spacial score (nSPS) is 10.5. The molecule has 0 aliphatic rings. The molecule has 0 fully saturated rings. The Morgan fingerprint density at radius 3 is 2.58 bits per heavy atom. The molecule has 2 aromatic rings. The van der Waals surface area contributed by atoms with Gasteiger partial charge < -0.3 is 14.8 Å². The van der Waals surface area contributed by atoms with Gasteiger partial charge in [0.2, 0.25) is 5.76 Å². The highest BCUT2D eigenvalue weighted by atomic mass is 79.9. The molecule has 0 radical (unpaired) electrons. The first-order chi connectivity index (χ1) is 8.99. The van der Waals surface area contributed by atoms with Crippen molar-refractivity contribution in [1.82, 2.24) is 0 Å². The fraction of sp³-hybridized carbons (Fsp3) is 0.0833. The molecular formula is C12H8BrF2NO3. The van der Waals surface area contributed by atoms with E-state index in [9.17, 15) is 13.6 Å².